The third-order valence-corrected chi connectivity index (χ3v) is 4.96. The molecule has 2 aromatic carbocycles. The number of fused-ring (bicyclic) bond motifs is 4. The summed E-state index contributed by atoms with van der Waals surface area (Å²) in [5.41, 5.74) is 3.06. The topological polar surface area (TPSA) is 58.2 Å². The lowest BCUT2D eigenvalue weighted by atomic mass is 9.99. The number of rotatable bonds is 2. The van der Waals surface area contributed by atoms with Crippen molar-refractivity contribution in [2.75, 3.05) is 0 Å². The van der Waals surface area contributed by atoms with Gasteiger partial charge >= 0.3 is 0 Å². The molecule has 0 bridgehead atoms. The van der Waals surface area contributed by atoms with Crippen molar-refractivity contribution in [2.24, 2.45) is 7.05 Å². The number of carbonyl (C=O) groups is 1. The molecule has 3 aromatic heterocycles. The number of H-pyrrole nitrogens is 1. The molecule has 0 aliphatic rings. The third-order valence-electron chi connectivity index (χ3n) is 4.96. The van der Waals surface area contributed by atoms with Crippen LogP contribution in [0.15, 0.2) is 77.9 Å². The molecule has 1 N–H and O–H groups in total. The minimum Gasteiger partial charge on any atom is -1.00 e. The lowest BCUT2D eigenvalue weighted by Crippen LogP contribution is -3.00. The predicted molar refractivity (Wildman–Crippen MR) is 104 cm³/mol. The minimum atomic E-state index is -0.130. The molecule has 3 heterocycles. The molecule has 0 aliphatic carbocycles. The summed E-state index contributed by atoms with van der Waals surface area (Å²) in [7, 11) is 1.90. The zero-order valence-electron chi connectivity index (χ0n) is 15.0. The van der Waals surface area contributed by atoms with Crippen LogP contribution in [0.25, 0.3) is 27.5 Å². The van der Waals surface area contributed by atoms with Gasteiger partial charge in [0, 0.05) is 28.5 Å². The van der Waals surface area contributed by atoms with Gasteiger partial charge in [0.05, 0.1) is 16.6 Å². The minimum absolute atomic E-state index is 0. The summed E-state index contributed by atoms with van der Waals surface area (Å²) in [6, 6.07) is 18.4. The molecule has 0 amide bonds. The van der Waals surface area contributed by atoms with E-state index in [9.17, 15) is 9.59 Å². The van der Waals surface area contributed by atoms with Gasteiger partial charge in [-0.2, -0.15) is 0 Å². The molecule has 0 aliphatic heterocycles. The molecule has 0 saturated heterocycles. The first-order chi connectivity index (χ1) is 13.1. The summed E-state index contributed by atoms with van der Waals surface area (Å²) >= 11 is 0. The molecule has 0 atom stereocenters. The first kappa shape index (κ1) is 18.4. The number of aryl methyl sites for hydroxylation is 1. The van der Waals surface area contributed by atoms with Crippen molar-refractivity contribution in [3.63, 3.8) is 0 Å². The highest BCUT2D eigenvalue weighted by atomic mass is 127. The number of carbonyl (C=O) groups excluding carboxylic acids is 1. The van der Waals surface area contributed by atoms with E-state index in [1.54, 1.807) is 22.6 Å². The van der Waals surface area contributed by atoms with E-state index in [0.717, 1.165) is 11.0 Å². The second-order valence-electron chi connectivity index (χ2n) is 6.63. The van der Waals surface area contributed by atoms with Gasteiger partial charge in [0.25, 0.3) is 5.56 Å². The number of hydrogen-bond acceptors (Lipinski definition) is 2. The van der Waals surface area contributed by atoms with E-state index in [2.05, 4.69) is 4.98 Å². The molecule has 5 nitrogen and oxygen atoms in total. The summed E-state index contributed by atoms with van der Waals surface area (Å²) in [6.07, 6.45) is 3.68. The van der Waals surface area contributed by atoms with E-state index >= 15 is 0 Å². The van der Waals surface area contributed by atoms with Gasteiger partial charge in [-0.25, -0.2) is 4.57 Å². The summed E-state index contributed by atoms with van der Waals surface area (Å²) in [5.74, 6) is -0.115. The molecule has 138 valence electrons. The molecule has 0 unspecified atom stereocenters. The average Bonchev–Trinajstić information content (AvgIpc) is 3.08. The molecule has 6 heteroatoms. The molecule has 28 heavy (non-hydrogen) atoms. The average molecular weight is 481 g/mol. The van der Waals surface area contributed by atoms with E-state index in [1.165, 1.54) is 0 Å². The Morgan fingerprint density at radius 2 is 1.57 bits per heavy atom. The van der Waals surface area contributed by atoms with Crippen LogP contribution in [0, 0.1) is 0 Å². The quantitative estimate of drug-likeness (QED) is 0.219. The number of nitrogens with one attached hydrogen (secondary N) is 1. The Morgan fingerprint density at radius 3 is 2.32 bits per heavy atom. The molecule has 0 radical (unpaired) electrons. The Balaban J connectivity index is 0.00000192. The monoisotopic (exact) mass is 481 g/mol. The van der Waals surface area contributed by atoms with Crippen molar-refractivity contribution < 1.29 is 33.3 Å². The predicted octanol–water partition coefficient (Wildman–Crippen LogP) is -0.00650. The summed E-state index contributed by atoms with van der Waals surface area (Å²) in [5, 5.41) is 1.19. The maximum atomic E-state index is 13.4. The highest BCUT2D eigenvalue weighted by molar-refractivity contribution is 6.20. The standard InChI is InChI=1S/C22H15N3O2.HI/c1-24-12-10-14(11-13-24)20(26)19-15-6-2-3-7-16(15)22(27)25-18-9-5-4-8-17(18)23-21(19)25;/h2-13H,1H3;1H. The van der Waals surface area contributed by atoms with Crippen LogP contribution in [0.2, 0.25) is 0 Å². The molecule has 0 spiro atoms. The zero-order valence-corrected chi connectivity index (χ0v) is 17.2. The van der Waals surface area contributed by atoms with Crippen LogP contribution in [0.5, 0.6) is 0 Å². The lowest BCUT2D eigenvalue weighted by molar-refractivity contribution is -0.671. The van der Waals surface area contributed by atoms with Crippen molar-refractivity contribution in [1.82, 2.24) is 9.38 Å². The van der Waals surface area contributed by atoms with Crippen molar-refractivity contribution in [1.29, 1.82) is 0 Å². The van der Waals surface area contributed by atoms with Crippen molar-refractivity contribution in [3.8, 4) is 0 Å². The maximum absolute atomic E-state index is 13.4. The van der Waals surface area contributed by atoms with Gasteiger partial charge in [-0.1, -0.05) is 30.3 Å². The Bertz CT molecular complexity index is 1420. The lowest BCUT2D eigenvalue weighted by Gasteiger charge is -2.08. The molecule has 5 aromatic rings. The summed E-state index contributed by atoms with van der Waals surface area (Å²) < 4.78 is 3.48. The fraction of sp³-hybridized carbons (Fsp3) is 0.0455. The second kappa shape index (κ2) is 6.87. The Kier molecular flexibility index (Phi) is 4.50. The second-order valence-corrected chi connectivity index (χ2v) is 6.63. The number of imidazole rings is 1. The first-order valence-corrected chi connectivity index (χ1v) is 8.69. The van der Waals surface area contributed by atoms with Crippen LogP contribution in [-0.2, 0) is 7.05 Å². The fourth-order valence-corrected chi connectivity index (χ4v) is 3.63. The molecular formula is C22H16IN3O2. The molecule has 0 saturated carbocycles. The number of benzene rings is 2. The van der Waals surface area contributed by atoms with Gasteiger partial charge in [-0.15, -0.1) is 0 Å². The van der Waals surface area contributed by atoms with Crippen LogP contribution in [0.1, 0.15) is 15.9 Å². The zero-order chi connectivity index (χ0) is 18.5. The maximum Gasteiger partial charge on any atom is 0.264 e. The van der Waals surface area contributed by atoms with Gasteiger partial charge in [-0.3, -0.25) is 14.0 Å². The number of aromatic nitrogens is 3. The number of halogens is 1. The van der Waals surface area contributed by atoms with E-state index in [1.807, 2.05) is 66.5 Å². The van der Waals surface area contributed by atoms with Crippen LogP contribution < -0.4 is 34.1 Å². The Hall–Kier alpha value is -3.00. The van der Waals surface area contributed by atoms with Crippen molar-refractivity contribution in [2.45, 2.75) is 0 Å². The van der Waals surface area contributed by atoms with Crippen LogP contribution in [0.3, 0.4) is 0 Å². The van der Waals surface area contributed by atoms with Crippen molar-refractivity contribution >= 4 is 33.2 Å². The number of para-hydroxylation sites is 2. The number of nitrogens with zero attached hydrogens (tertiary/aromatic N) is 2. The van der Waals surface area contributed by atoms with Gasteiger partial charge in [-0.05, 0) is 18.2 Å². The molecular weight excluding hydrogens is 465 g/mol. The number of aromatic amines is 1. The van der Waals surface area contributed by atoms with E-state index in [-0.39, 0.29) is 35.3 Å². The van der Waals surface area contributed by atoms with Gasteiger partial charge in [0.1, 0.15) is 12.7 Å². The largest absolute Gasteiger partial charge is 1.00 e. The Morgan fingerprint density at radius 1 is 0.929 bits per heavy atom. The fourth-order valence-electron chi connectivity index (χ4n) is 3.63. The third kappa shape index (κ3) is 2.63. The highest BCUT2D eigenvalue weighted by Crippen LogP contribution is 2.26. The molecule has 0 fully saturated rings. The Labute approximate surface area is 177 Å². The van der Waals surface area contributed by atoms with Gasteiger partial charge < -0.3 is 29.0 Å². The number of hydrogen-bond donors (Lipinski definition) is 1. The summed E-state index contributed by atoms with van der Waals surface area (Å²) in [6.45, 7) is 0. The number of ketones is 1. The SMILES string of the molecule is C[n+]1ccc(C(=O)c2c3ccccc3c(=O)n3c2[nH]c2ccccc23)cc1.[I-]. The summed E-state index contributed by atoms with van der Waals surface area (Å²) in [4.78, 5) is 29.9. The number of pyridine rings is 2. The van der Waals surface area contributed by atoms with Gasteiger partial charge in [0.2, 0.25) is 0 Å². The normalized spacial score (nSPS) is 11.0. The van der Waals surface area contributed by atoms with E-state index in [0.29, 0.717) is 27.5 Å². The van der Waals surface area contributed by atoms with Crippen LogP contribution in [0.4, 0.5) is 0 Å². The smallest absolute Gasteiger partial charge is 0.264 e. The van der Waals surface area contributed by atoms with Crippen molar-refractivity contribution in [3.05, 3.63) is 94.5 Å². The van der Waals surface area contributed by atoms with Crippen LogP contribution >= 0.6 is 0 Å². The van der Waals surface area contributed by atoms with E-state index in [4.69, 9.17) is 0 Å². The molecule has 5 rings (SSSR count). The highest BCUT2D eigenvalue weighted by Gasteiger charge is 2.22. The first-order valence-electron chi connectivity index (χ1n) is 8.69. The van der Waals surface area contributed by atoms with Gasteiger partial charge in [0.15, 0.2) is 18.2 Å². The van der Waals surface area contributed by atoms with E-state index < -0.39 is 0 Å². The van der Waals surface area contributed by atoms with Crippen LogP contribution in [-0.4, -0.2) is 15.2 Å².